The summed E-state index contributed by atoms with van der Waals surface area (Å²) in [6, 6.07) is 3.68. The Labute approximate surface area is 222 Å². The Balaban J connectivity index is 1.30. The van der Waals surface area contributed by atoms with E-state index in [1.165, 1.54) is 31.3 Å². The Bertz CT molecular complexity index is 1100. The number of rotatable bonds is 7. The number of fused-ring (bicyclic) bond motifs is 1. The number of allylic oxidation sites excluding steroid dienone is 5. The van der Waals surface area contributed by atoms with Gasteiger partial charge >= 0.3 is 0 Å². The third-order valence-electron chi connectivity index (χ3n) is 9.96. The largest absolute Gasteiger partial charge is 0.393 e. The van der Waals surface area contributed by atoms with Gasteiger partial charge in [-0.05, 0) is 104 Å². The van der Waals surface area contributed by atoms with Crippen LogP contribution in [0.15, 0.2) is 72.1 Å². The SMILES string of the molecule is C=C1C(=CC=C2CCC[C@]3(C)[C@@H]([C@H](C)C=C[C@H](C(=O)c4ccncc4)C4CC4)CC[C@@H]23)C[C@@H](O)C[C@@H]1O. The molecule has 1 aromatic rings. The minimum absolute atomic E-state index is 0.0161. The fourth-order valence-electron chi connectivity index (χ4n) is 7.66. The Morgan fingerprint density at radius 3 is 2.62 bits per heavy atom. The van der Waals surface area contributed by atoms with Gasteiger partial charge in [0.25, 0.3) is 0 Å². The monoisotopic (exact) mass is 501 g/mol. The van der Waals surface area contributed by atoms with Crippen LogP contribution >= 0.6 is 0 Å². The van der Waals surface area contributed by atoms with Crippen molar-refractivity contribution in [3.05, 3.63) is 77.7 Å². The van der Waals surface area contributed by atoms with Crippen molar-refractivity contribution in [2.75, 3.05) is 0 Å². The second kappa shape index (κ2) is 10.8. The minimum Gasteiger partial charge on any atom is -0.393 e. The Morgan fingerprint density at radius 2 is 1.89 bits per heavy atom. The smallest absolute Gasteiger partial charge is 0.170 e. The Morgan fingerprint density at radius 1 is 1.14 bits per heavy atom. The van der Waals surface area contributed by atoms with Crippen molar-refractivity contribution >= 4 is 5.78 Å². The van der Waals surface area contributed by atoms with Gasteiger partial charge < -0.3 is 10.2 Å². The molecule has 4 heteroatoms. The number of carbonyl (C=O) groups excluding carboxylic acids is 1. The van der Waals surface area contributed by atoms with Gasteiger partial charge in [-0.3, -0.25) is 9.78 Å². The Hall–Kier alpha value is -2.30. The zero-order chi connectivity index (χ0) is 26.2. The van der Waals surface area contributed by atoms with Gasteiger partial charge in [-0.15, -0.1) is 0 Å². The molecular weight excluding hydrogens is 458 g/mol. The van der Waals surface area contributed by atoms with Gasteiger partial charge in [0.15, 0.2) is 5.78 Å². The fourth-order valence-corrected chi connectivity index (χ4v) is 7.66. The van der Waals surface area contributed by atoms with Crippen LogP contribution in [-0.2, 0) is 0 Å². The highest BCUT2D eigenvalue weighted by atomic mass is 16.3. The highest BCUT2D eigenvalue weighted by Crippen LogP contribution is 2.59. The number of nitrogens with zero attached hydrogens (tertiary/aromatic N) is 1. The van der Waals surface area contributed by atoms with Crippen LogP contribution in [0.3, 0.4) is 0 Å². The van der Waals surface area contributed by atoms with E-state index in [1.807, 2.05) is 12.1 Å². The molecule has 4 fully saturated rings. The molecule has 7 atom stereocenters. The molecule has 0 amide bonds. The maximum atomic E-state index is 13.2. The van der Waals surface area contributed by atoms with E-state index in [1.54, 1.807) is 12.4 Å². The van der Waals surface area contributed by atoms with Crippen LogP contribution < -0.4 is 0 Å². The number of Topliss-reactive ketones (excluding diaryl/α,β-unsaturated/α-hetero) is 1. The molecule has 4 saturated carbocycles. The molecule has 0 aromatic carbocycles. The van der Waals surface area contributed by atoms with Gasteiger partial charge in [-0.2, -0.15) is 0 Å². The summed E-state index contributed by atoms with van der Waals surface area (Å²) in [6.45, 7) is 8.92. The Kier molecular flexibility index (Phi) is 7.70. The van der Waals surface area contributed by atoms with Crippen molar-refractivity contribution in [3.8, 4) is 0 Å². The minimum atomic E-state index is -0.640. The molecule has 0 saturated heterocycles. The van der Waals surface area contributed by atoms with Gasteiger partial charge in [-0.1, -0.05) is 50.3 Å². The second-order valence-electron chi connectivity index (χ2n) is 12.4. The number of ketones is 1. The second-order valence-corrected chi connectivity index (χ2v) is 12.4. The molecule has 4 aliphatic carbocycles. The van der Waals surface area contributed by atoms with Crippen molar-refractivity contribution in [2.24, 2.45) is 35.0 Å². The summed E-state index contributed by atoms with van der Waals surface area (Å²) in [5.41, 5.74) is 4.30. The van der Waals surface area contributed by atoms with Crippen LogP contribution in [0.2, 0.25) is 0 Å². The molecule has 0 spiro atoms. The van der Waals surface area contributed by atoms with Crippen molar-refractivity contribution in [3.63, 3.8) is 0 Å². The predicted octanol–water partition coefficient (Wildman–Crippen LogP) is 6.62. The van der Waals surface area contributed by atoms with E-state index in [-0.39, 0.29) is 17.1 Å². The number of aliphatic hydroxyl groups excluding tert-OH is 2. The van der Waals surface area contributed by atoms with Crippen LogP contribution in [-0.4, -0.2) is 33.2 Å². The van der Waals surface area contributed by atoms with Crippen LogP contribution in [0.5, 0.6) is 0 Å². The van der Waals surface area contributed by atoms with E-state index in [9.17, 15) is 15.0 Å². The molecule has 37 heavy (non-hydrogen) atoms. The summed E-state index contributed by atoms with van der Waals surface area (Å²) < 4.78 is 0. The topological polar surface area (TPSA) is 70.4 Å². The number of hydrogen-bond donors (Lipinski definition) is 2. The maximum absolute atomic E-state index is 13.2. The van der Waals surface area contributed by atoms with Crippen LogP contribution in [0.4, 0.5) is 0 Å². The first-order valence-corrected chi connectivity index (χ1v) is 14.4. The fraction of sp³-hybridized carbons (Fsp3) is 0.576. The lowest BCUT2D eigenvalue weighted by molar-refractivity contribution is 0.0861. The highest BCUT2D eigenvalue weighted by molar-refractivity contribution is 5.99. The highest BCUT2D eigenvalue weighted by Gasteiger charge is 2.50. The predicted molar refractivity (Wildman–Crippen MR) is 148 cm³/mol. The molecule has 1 aromatic heterocycles. The quantitative estimate of drug-likeness (QED) is 0.325. The molecule has 1 heterocycles. The lowest BCUT2D eigenvalue weighted by Crippen LogP contribution is -2.35. The summed E-state index contributed by atoms with van der Waals surface area (Å²) in [6.07, 6.45) is 20.5. The number of carbonyl (C=O) groups is 1. The van der Waals surface area contributed by atoms with Crippen LogP contribution in [0.25, 0.3) is 0 Å². The van der Waals surface area contributed by atoms with Gasteiger partial charge in [0, 0.05) is 30.3 Å². The molecule has 0 unspecified atom stereocenters. The average molecular weight is 502 g/mol. The summed E-state index contributed by atoms with van der Waals surface area (Å²) in [4.78, 5) is 17.3. The first-order valence-electron chi connectivity index (χ1n) is 14.4. The first kappa shape index (κ1) is 26.3. The molecular formula is C33H43NO3. The average Bonchev–Trinajstić information content (AvgIpc) is 3.66. The maximum Gasteiger partial charge on any atom is 0.170 e. The van der Waals surface area contributed by atoms with E-state index in [2.05, 4.69) is 49.7 Å². The summed E-state index contributed by atoms with van der Waals surface area (Å²) in [5, 5.41) is 20.3. The van der Waals surface area contributed by atoms with Crippen molar-refractivity contribution < 1.29 is 15.0 Å². The molecule has 0 bridgehead atoms. The normalized spacial score (nSPS) is 36.2. The van der Waals surface area contributed by atoms with Crippen LogP contribution in [0, 0.1) is 35.0 Å². The lowest BCUT2D eigenvalue weighted by Gasteiger charge is -2.44. The molecule has 0 radical (unpaired) electrons. The van der Waals surface area contributed by atoms with Gasteiger partial charge in [0.1, 0.15) is 0 Å². The zero-order valence-electron chi connectivity index (χ0n) is 22.5. The van der Waals surface area contributed by atoms with Gasteiger partial charge in [0.2, 0.25) is 0 Å². The first-order chi connectivity index (χ1) is 17.8. The third-order valence-corrected chi connectivity index (χ3v) is 9.96. The van der Waals surface area contributed by atoms with Crippen molar-refractivity contribution in [1.29, 1.82) is 0 Å². The van der Waals surface area contributed by atoms with E-state index < -0.39 is 12.2 Å². The molecule has 4 nitrogen and oxygen atoms in total. The summed E-state index contributed by atoms with van der Waals surface area (Å²) in [5.74, 6) is 2.32. The standard InChI is InChI=1S/C33H43NO3/c1-21(6-11-28(23-7-8-23)32(37)25-14-17-34-18-15-25)29-12-13-30-24(5-4-16-33(29,30)3)9-10-26-19-27(35)20-31(36)22(26)2/h6,9-11,14-15,17-18,21,23,27-31,35-36H,2,4-5,7-8,12-13,16,19-20H2,1,3H3/t21-,27-,28+,29-,30+,31+,33-/m1/s1. The molecule has 198 valence electrons. The number of aliphatic hydroxyl groups is 2. The van der Waals surface area contributed by atoms with Gasteiger partial charge in [-0.25, -0.2) is 0 Å². The molecule has 2 N–H and O–H groups in total. The third kappa shape index (κ3) is 5.47. The lowest BCUT2D eigenvalue weighted by atomic mass is 9.61. The van der Waals surface area contributed by atoms with Crippen molar-refractivity contribution in [1.82, 2.24) is 4.98 Å². The summed E-state index contributed by atoms with van der Waals surface area (Å²) in [7, 11) is 0. The molecule has 0 aliphatic heterocycles. The number of aromatic nitrogens is 1. The van der Waals surface area contributed by atoms with Gasteiger partial charge in [0.05, 0.1) is 12.2 Å². The number of pyridine rings is 1. The molecule has 4 aliphatic rings. The van der Waals surface area contributed by atoms with E-state index >= 15 is 0 Å². The van der Waals surface area contributed by atoms with E-state index in [0.717, 1.165) is 36.0 Å². The zero-order valence-corrected chi connectivity index (χ0v) is 22.5. The summed E-state index contributed by atoms with van der Waals surface area (Å²) >= 11 is 0. The molecule has 5 rings (SSSR count). The van der Waals surface area contributed by atoms with Crippen LogP contribution in [0.1, 0.15) is 82.0 Å². The van der Waals surface area contributed by atoms with E-state index in [4.69, 9.17) is 0 Å². The number of hydrogen-bond acceptors (Lipinski definition) is 4. The van der Waals surface area contributed by atoms with Crippen molar-refractivity contribution in [2.45, 2.75) is 83.8 Å². The van der Waals surface area contributed by atoms with E-state index in [0.29, 0.717) is 36.5 Å².